The van der Waals surface area contributed by atoms with Crippen molar-refractivity contribution in [1.82, 2.24) is 29.7 Å². The Balaban J connectivity index is 1.73. The lowest BCUT2D eigenvalue weighted by molar-refractivity contribution is 0.373. The highest BCUT2D eigenvalue weighted by molar-refractivity contribution is 5.37. The SMILES string of the molecule is CNc1nc(NCC2CCCCC2)nc(-n2cncn2)n1. The van der Waals surface area contributed by atoms with E-state index < -0.39 is 0 Å². The molecule has 1 fully saturated rings. The summed E-state index contributed by atoms with van der Waals surface area (Å²) in [5, 5.41) is 10.3. The molecule has 2 N–H and O–H groups in total. The van der Waals surface area contributed by atoms with Crippen LogP contribution in [0.4, 0.5) is 11.9 Å². The lowest BCUT2D eigenvalue weighted by atomic mass is 9.89. The van der Waals surface area contributed by atoms with Gasteiger partial charge in [0.1, 0.15) is 12.7 Å². The van der Waals surface area contributed by atoms with Crippen LogP contribution < -0.4 is 10.6 Å². The summed E-state index contributed by atoms with van der Waals surface area (Å²) in [5.74, 6) is 2.26. The van der Waals surface area contributed by atoms with Gasteiger partial charge in [-0.05, 0) is 18.8 Å². The Morgan fingerprint density at radius 1 is 1.14 bits per heavy atom. The molecule has 2 aromatic rings. The fourth-order valence-electron chi connectivity index (χ4n) is 2.60. The zero-order chi connectivity index (χ0) is 14.5. The van der Waals surface area contributed by atoms with E-state index >= 15 is 0 Å². The van der Waals surface area contributed by atoms with E-state index in [1.807, 2.05) is 0 Å². The second-order valence-electron chi connectivity index (χ2n) is 5.26. The smallest absolute Gasteiger partial charge is 0.258 e. The van der Waals surface area contributed by atoms with Gasteiger partial charge in [-0.1, -0.05) is 19.3 Å². The molecule has 8 heteroatoms. The van der Waals surface area contributed by atoms with E-state index in [-0.39, 0.29) is 0 Å². The molecule has 2 aromatic heterocycles. The van der Waals surface area contributed by atoms with Gasteiger partial charge in [-0.2, -0.15) is 24.7 Å². The van der Waals surface area contributed by atoms with E-state index in [9.17, 15) is 0 Å². The van der Waals surface area contributed by atoms with Gasteiger partial charge in [0, 0.05) is 13.6 Å². The van der Waals surface area contributed by atoms with Crippen LogP contribution in [0.1, 0.15) is 32.1 Å². The van der Waals surface area contributed by atoms with Crippen LogP contribution in [0.15, 0.2) is 12.7 Å². The molecule has 8 nitrogen and oxygen atoms in total. The number of nitrogens with one attached hydrogen (secondary N) is 2. The lowest BCUT2D eigenvalue weighted by Crippen LogP contribution is -2.19. The van der Waals surface area contributed by atoms with Crippen LogP contribution in [0.5, 0.6) is 0 Å². The first kappa shape index (κ1) is 13.7. The number of anilines is 2. The standard InChI is InChI=1S/C13H20N8/c1-14-11-18-12(16-7-10-5-3-2-4-6-10)20-13(19-11)21-9-15-8-17-21/h8-10H,2-7H2,1H3,(H2,14,16,18,19,20). The maximum absolute atomic E-state index is 4.40. The second kappa shape index (κ2) is 6.47. The van der Waals surface area contributed by atoms with Crippen molar-refractivity contribution in [3.63, 3.8) is 0 Å². The van der Waals surface area contributed by atoms with Gasteiger partial charge in [-0.15, -0.1) is 0 Å². The van der Waals surface area contributed by atoms with Crippen LogP contribution in [0.2, 0.25) is 0 Å². The first-order valence-corrected chi connectivity index (χ1v) is 7.38. The zero-order valence-corrected chi connectivity index (χ0v) is 12.2. The van der Waals surface area contributed by atoms with E-state index in [1.165, 1.54) is 43.1 Å². The lowest BCUT2D eigenvalue weighted by Gasteiger charge is -2.21. The van der Waals surface area contributed by atoms with Crippen LogP contribution in [0.25, 0.3) is 5.95 Å². The molecule has 0 atom stereocenters. The largest absolute Gasteiger partial charge is 0.357 e. The van der Waals surface area contributed by atoms with Crippen LogP contribution in [0.3, 0.4) is 0 Å². The van der Waals surface area contributed by atoms with Gasteiger partial charge in [0.25, 0.3) is 5.95 Å². The molecule has 0 aliphatic heterocycles. The van der Waals surface area contributed by atoms with E-state index in [0.29, 0.717) is 23.8 Å². The molecular weight excluding hydrogens is 268 g/mol. The minimum absolute atomic E-state index is 0.456. The quantitative estimate of drug-likeness (QED) is 0.860. The number of hydrogen-bond donors (Lipinski definition) is 2. The van der Waals surface area contributed by atoms with E-state index in [1.54, 1.807) is 13.4 Å². The van der Waals surface area contributed by atoms with E-state index in [2.05, 4.69) is 35.7 Å². The third-order valence-corrected chi connectivity index (χ3v) is 3.74. The third kappa shape index (κ3) is 3.45. The molecule has 0 aromatic carbocycles. The molecule has 1 saturated carbocycles. The maximum atomic E-state index is 4.40. The Labute approximate surface area is 123 Å². The molecule has 0 saturated heterocycles. The average Bonchev–Trinajstić information content (AvgIpc) is 3.08. The van der Waals surface area contributed by atoms with Gasteiger partial charge in [0.15, 0.2) is 0 Å². The van der Waals surface area contributed by atoms with E-state index in [0.717, 1.165) is 6.54 Å². The number of aromatic nitrogens is 6. The van der Waals surface area contributed by atoms with Crippen molar-refractivity contribution in [2.24, 2.45) is 5.92 Å². The van der Waals surface area contributed by atoms with Crippen molar-refractivity contribution >= 4 is 11.9 Å². The second-order valence-corrected chi connectivity index (χ2v) is 5.26. The molecule has 3 rings (SSSR count). The summed E-state index contributed by atoms with van der Waals surface area (Å²) >= 11 is 0. The Morgan fingerprint density at radius 3 is 2.67 bits per heavy atom. The van der Waals surface area contributed by atoms with Crippen molar-refractivity contribution in [1.29, 1.82) is 0 Å². The summed E-state index contributed by atoms with van der Waals surface area (Å²) in [5.41, 5.74) is 0. The summed E-state index contributed by atoms with van der Waals surface area (Å²) in [7, 11) is 1.78. The molecule has 112 valence electrons. The normalized spacial score (nSPS) is 15.9. The van der Waals surface area contributed by atoms with E-state index in [4.69, 9.17) is 0 Å². The van der Waals surface area contributed by atoms with Crippen molar-refractivity contribution in [2.45, 2.75) is 32.1 Å². The Morgan fingerprint density at radius 2 is 1.95 bits per heavy atom. The van der Waals surface area contributed by atoms with Crippen LogP contribution in [-0.4, -0.2) is 43.3 Å². The van der Waals surface area contributed by atoms with Gasteiger partial charge in [-0.25, -0.2) is 4.98 Å². The predicted octanol–water partition coefficient (Wildman–Crippen LogP) is 1.49. The number of nitrogens with zero attached hydrogens (tertiary/aromatic N) is 6. The molecule has 0 radical (unpaired) electrons. The summed E-state index contributed by atoms with van der Waals surface area (Å²) < 4.78 is 1.52. The molecule has 0 spiro atoms. The van der Waals surface area contributed by atoms with Gasteiger partial charge >= 0.3 is 0 Å². The Bertz CT molecular complexity index is 562. The van der Waals surface area contributed by atoms with Gasteiger partial charge in [0.2, 0.25) is 11.9 Å². The molecular formula is C13H20N8. The maximum Gasteiger partial charge on any atom is 0.258 e. The Hall–Kier alpha value is -2.25. The minimum atomic E-state index is 0.456. The molecule has 1 aliphatic rings. The molecule has 21 heavy (non-hydrogen) atoms. The van der Waals surface area contributed by atoms with Crippen molar-refractivity contribution in [3.05, 3.63) is 12.7 Å². The first-order chi connectivity index (χ1) is 10.3. The first-order valence-electron chi connectivity index (χ1n) is 7.38. The summed E-state index contributed by atoms with van der Waals surface area (Å²) in [6, 6.07) is 0. The number of hydrogen-bond acceptors (Lipinski definition) is 7. The van der Waals surface area contributed by atoms with Crippen LogP contribution in [-0.2, 0) is 0 Å². The Kier molecular flexibility index (Phi) is 4.23. The summed E-state index contributed by atoms with van der Waals surface area (Å²) in [6.45, 7) is 0.907. The molecule has 2 heterocycles. The highest BCUT2D eigenvalue weighted by atomic mass is 15.4. The predicted molar refractivity (Wildman–Crippen MR) is 79.4 cm³/mol. The highest BCUT2D eigenvalue weighted by Gasteiger charge is 2.14. The monoisotopic (exact) mass is 288 g/mol. The van der Waals surface area contributed by atoms with Crippen molar-refractivity contribution in [2.75, 3.05) is 24.2 Å². The number of rotatable bonds is 5. The minimum Gasteiger partial charge on any atom is -0.357 e. The van der Waals surface area contributed by atoms with Gasteiger partial charge in [0.05, 0.1) is 0 Å². The summed E-state index contributed by atoms with van der Waals surface area (Å²) in [4.78, 5) is 16.9. The molecule has 0 bridgehead atoms. The highest BCUT2D eigenvalue weighted by Crippen LogP contribution is 2.23. The van der Waals surface area contributed by atoms with Crippen LogP contribution in [0, 0.1) is 5.92 Å². The zero-order valence-electron chi connectivity index (χ0n) is 12.2. The third-order valence-electron chi connectivity index (χ3n) is 3.74. The topological polar surface area (TPSA) is 93.4 Å². The average molecular weight is 288 g/mol. The van der Waals surface area contributed by atoms with Gasteiger partial charge < -0.3 is 10.6 Å². The van der Waals surface area contributed by atoms with Crippen molar-refractivity contribution < 1.29 is 0 Å². The van der Waals surface area contributed by atoms with Crippen LogP contribution >= 0.6 is 0 Å². The molecule has 1 aliphatic carbocycles. The summed E-state index contributed by atoms with van der Waals surface area (Å²) in [6.07, 6.45) is 9.62. The fourth-order valence-corrected chi connectivity index (χ4v) is 2.60. The fraction of sp³-hybridized carbons (Fsp3) is 0.615. The molecule has 0 unspecified atom stereocenters. The van der Waals surface area contributed by atoms with Gasteiger partial charge in [-0.3, -0.25) is 0 Å². The van der Waals surface area contributed by atoms with Crippen molar-refractivity contribution in [3.8, 4) is 5.95 Å². The molecule has 0 amide bonds.